The van der Waals surface area contributed by atoms with E-state index in [2.05, 4.69) is 26.3 Å². The van der Waals surface area contributed by atoms with Crippen LogP contribution in [-0.4, -0.2) is 16.9 Å². The van der Waals surface area contributed by atoms with Crippen LogP contribution in [0.15, 0.2) is 16.8 Å². The second-order valence-electron chi connectivity index (χ2n) is 2.83. The van der Waals surface area contributed by atoms with Crippen molar-refractivity contribution < 1.29 is 4.63 Å². The molecule has 0 saturated carbocycles. The third-order valence-corrected chi connectivity index (χ3v) is 1.76. The number of nitrogens with one attached hydrogen (secondary N) is 1. The zero-order valence-corrected chi connectivity index (χ0v) is 8.08. The standard InChI is InChI=1S/C9H15N3O/c1-3-4-5-6-10-7-9-8(2)11-13-12-9/h3-4,10H,5-7H2,1-2H3/b4-3+. The highest BCUT2D eigenvalue weighted by molar-refractivity contribution is 5.03. The average molecular weight is 181 g/mol. The Balaban J connectivity index is 2.16. The van der Waals surface area contributed by atoms with Gasteiger partial charge in [-0.15, -0.1) is 0 Å². The van der Waals surface area contributed by atoms with Gasteiger partial charge in [0.05, 0.1) is 0 Å². The predicted molar refractivity (Wildman–Crippen MR) is 50.2 cm³/mol. The van der Waals surface area contributed by atoms with Gasteiger partial charge in [0, 0.05) is 6.54 Å². The predicted octanol–water partition coefficient (Wildman–Crippen LogP) is 1.43. The Labute approximate surface area is 78.0 Å². The lowest BCUT2D eigenvalue weighted by atomic mass is 10.3. The molecule has 72 valence electrons. The van der Waals surface area contributed by atoms with Gasteiger partial charge in [0.15, 0.2) is 0 Å². The number of hydrogen-bond acceptors (Lipinski definition) is 4. The van der Waals surface area contributed by atoms with Crippen molar-refractivity contribution in [2.45, 2.75) is 26.8 Å². The molecule has 0 radical (unpaired) electrons. The topological polar surface area (TPSA) is 51.0 Å². The normalized spacial score (nSPS) is 11.2. The van der Waals surface area contributed by atoms with Gasteiger partial charge in [0.2, 0.25) is 0 Å². The van der Waals surface area contributed by atoms with Gasteiger partial charge in [-0.25, -0.2) is 4.63 Å². The smallest absolute Gasteiger partial charge is 0.121 e. The average Bonchev–Trinajstić information content (AvgIpc) is 2.52. The maximum Gasteiger partial charge on any atom is 0.121 e. The van der Waals surface area contributed by atoms with Crippen molar-refractivity contribution in [2.24, 2.45) is 0 Å². The van der Waals surface area contributed by atoms with Crippen molar-refractivity contribution >= 4 is 0 Å². The van der Waals surface area contributed by atoms with Crippen LogP contribution in [0, 0.1) is 6.92 Å². The molecule has 4 heteroatoms. The molecule has 0 aliphatic rings. The Bertz CT molecular complexity index is 268. The summed E-state index contributed by atoms with van der Waals surface area (Å²) in [6.45, 7) is 5.59. The van der Waals surface area contributed by atoms with Crippen molar-refractivity contribution in [3.63, 3.8) is 0 Å². The number of aryl methyl sites for hydroxylation is 1. The quantitative estimate of drug-likeness (QED) is 0.551. The van der Waals surface area contributed by atoms with Crippen molar-refractivity contribution in [2.75, 3.05) is 6.54 Å². The summed E-state index contributed by atoms with van der Waals surface area (Å²) in [5.41, 5.74) is 1.75. The first-order valence-electron chi connectivity index (χ1n) is 4.44. The van der Waals surface area contributed by atoms with Crippen LogP contribution in [0.2, 0.25) is 0 Å². The molecule has 0 aliphatic heterocycles. The van der Waals surface area contributed by atoms with Crippen molar-refractivity contribution in [1.29, 1.82) is 0 Å². The highest BCUT2D eigenvalue weighted by Crippen LogP contribution is 1.98. The van der Waals surface area contributed by atoms with E-state index in [1.54, 1.807) is 0 Å². The molecule has 0 bridgehead atoms. The van der Waals surface area contributed by atoms with Crippen LogP contribution in [0.1, 0.15) is 24.7 Å². The summed E-state index contributed by atoms with van der Waals surface area (Å²) in [4.78, 5) is 0. The number of aromatic nitrogens is 2. The molecule has 1 rings (SSSR count). The third kappa shape index (κ3) is 3.38. The van der Waals surface area contributed by atoms with E-state index in [-0.39, 0.29) is 0 Å². The second kappa shape index (κ2) is 5.48. The molecule has 0 spiro atoms. The van der Waals surface area contributed by atoms with Crippen LogP contribution in [0.3, 0.4) is 0 Å². The van der Waals surface area contributed by atoms with Gasteiger partial charge in [0.25, 0.3) is 0 Å². The van der Waals surface area contributed by atoms with Crippen molar-refractivity contribution in [1.82, 2.24) is 15.6 Å². The summed E-state index contributed by atoms with van der Waals surface area (Å²) in [6, 6.07) is 0. The van der Waals surface area contributed by atoms with Gasteiger partial charge in [0.1, 0.15) is 11.4 Å². The van der Waals surface area contributed by atoms with Gasteiger partial charge in [-0.1, -0.05) is 22.5 Å². The fourth-order valence-electron chi connectivity index (χ4n) is 0.969. The molecule has 0 amide bonds. The molecule has 1 heterocycles. The van der Waals surface area contributed by atoms with E-state index >= 15 is 0 Å². The molecule has 0 aliphatic carbocycles. The number of rotatable bonds is 5. The lowest BCUT2D eigenvalue weighted by molar-refractivity contribution is 0.300. The summed E-state index contributed by atoms with van der Waals surface area (Å²) < 4.78 is 4.57. The molecule has 1 aromatic heterocycles. The van der Waals surface area contributed by atoms with Crippen molar-refractivity contribution in [3.8, 4) is 0 Å². The minimum absolute atomic E-state index is 0.729. The first kappa shape index (κ1) is 9.92. The van der Waals surface area contributed by atoms with E-state index in [1.165, 1.54) is 0 Å². The van der Waals surface area contributed by atoms with Crippen LogP contribution in [-0.2, 0) is 6.54 Å². The summed E-state index contributed by atoms with van der Waals surface area (Å²) in [6.07, 6.45) is 5.21. The summed E-state index contributed by atoms with van der Waals surface area (Å²) in [5.74, 6) is 0. The summed E-state index contributed by atoms with van der Waals surface area (Å²) in [7, 11) is 0. The molecule has 0 saturated heterocycles. The van der Waals surface area contributed by atoms with E-state index in [0.29, 0.717) is 0 Å². The Morgan fingerprint density at radius 2 is 2.31 bits per heavy atom. The largest absolute Gasteiger partial charge is 0.311 e. The summed E-state index contributed by atoms with van der Waals surface area (Å²) >= 11 is 0. The minimum Gasteiger partial charge on any atom is -0.311 e. The number of allylic oxidation sites excluding steroid dienone is 1. The zero-order valence-electron chi connectivity index (χ0n) is 8.08. The Morgan fingerprint density at radius 1 is 1.46 bits per heavy atom. The summed E-state index contributed by atoms with van der Waals surface area (Å²) in [5, 5.41) is 10.7. The fraction of sp³-hybridized carbons (Fsp3) is 0.556. The molecule has 1 N–H and O–H groups in total. The van der Waals surface area contributed by atoms with Crippen LogP contribution >= 0.6 is 0 Å². The van der Waals surface area contributed by atoms with Crippen LogP contribution in [0.25, 0.3) is 0 Å². The van der Waals surface area contributed by atoms with Crippen molar-refractivity contribution in [3.05, 3.63) is 23.5 Å². The third-order valence-electron chi connectivity index (χ3n) is 1.76. The number of nitrogens with zero attached hydrogens (tertiary/aromatic N) is 2. The second-order valence-corrected chi connectivity index (χ2v) is 2.83. The van der Waals surface area contributed by atoms with E-state index in [1.807, 2.05) is 19.9 Å². The lowest BCUT2D eigenvalue weighted by Crippen LogP contribution is -2.14. The minimum atomic E-state index is 0.729. The van der Waals surface area contributed by atoms with E-state index in [4.69, 9.17) is 0 Å². The van der Waals surface area contributed by atoms with Crippen LogP contribution < -0.4 is 5.32 Å². The fourth-order valence-corrected chi connectivity index (χ4v) is 0.969. The van der Waals surface area contributed by atoms with Crippen LogP contribution in [0.4, 0.5) is 0 Å². The highest BCUT2D eigenvalue weighted by atomic mass is 16.6. The highest BCUT2D eigenvalue weighted by Gasteiger charge is 2.02. The van der Waals surface area contributed by atoms with Gasteiger partial charge in [-0.3, -0.25) is 0 Å². The zero-order chi connectivity index (χ0) is 9.52. The van der Waals surface area contributed by atoms with Gasteiger partial charge < -0.3 is 5.32 Å². The Morgan fingerprint density at radius 3 is 2.92 bits per heavy atom. The first-order chi connectivity index (χ1) is 6.34. The van der Waals surface area contributed by atoms with Gasteiger partial charge >= 0.3 is 0 Å². The molecule has 0 unspecified atom stereocenters. The Hall–Kier alpha value is -1.16. The van der Waals surface area contributed by atoms with E-state index in [9.17, 15) is 0 Å². The van der Waals surface area contributed by atoms with Crippen LogP contribution in [0.5, 0.6) is 0 Å². The van der Waals surface area contributed by atoms with E-state index in [0.717, 1.165) is 30.9 Å². The molecular formula is C9H15N3O. The maximum absolute atomic E-state index is 4.57. The molecular weight excluding hydrogens is 166 g/mol. The SMILES string of the molecule is C/C=C/CCNCc1nonc1C. The van der Waals surface area contributed by atoms with Gasteiger partial charge in [-0.05, 0) is 26.8 Å². The molecule has 1 aromatic rings. The molecule has 0 fully saturated rings. The van der Waals surface area contributed by atoms with Gasteiger partial charge in [-0.2, -0.15) is 0 Å². The molecule has 0 aromatic carbocycles. The molecule has 4 nitrogen and oxygen atoms in total. The first-order valence-corrected chi connectivity index (χ1v) is 4.44. The monoisotopic (exact) mass is 181 g/mol. The molecule has 13 heavy (non-hydrogen) atoms. The Kier molecular flexibility index (Phi) is 4.18. The maximum atomic E-state index is 4.57. The lowest BCUT2D eigenvalue weighted by Gasteiger charge is -1.98. The molecule has 0 atom stereocenters. The number of hydrogen-bond donors (Lipinski definition) is 1. The van der Waals surface area contributed by atoms with E-state index < -0.39 is 0 Å².